The minimum absolute atomic E-state index is 0. The van der Waals surface area contributed by atoms with Gasteiger partial charge in [-0.05, 0) is 18.6 Å². The first-order valence-electron chi connectivity index (χ1n) is 6.55. The largest absolute Gasteiger partial charge is 0.434 e. The first-order valence-corrected chi connectivity index (χ1v) is 6.55. The third-order valence-corrected chi connectivity index (χ3v) is 3.06. The molecule has 0 radical (unpaired) electrons. The quantitative estimate of drug-likeness (QED) is 0.890. The van der Waals surface area contributed by atoms with Crippen LogP contribution in [0.25, 0.3) is 5.69 Å². The van der Waals surface area contributed by atoms with E-state index in [0.717, 1.165) is 10.9 Å². The molecular formula is C14H16ClF3N4O. The summed E-state index contributed by atoms with van der Waals surface area (Å²) in [6, 6.07) is 6.51. The first kappa shape index (κ1) is 19.0. The maximum absolute atomic E-state index is 13.4. The Morgan fingerprint density at radius 3 is 2.57 bits per heavy atom. The van der Waals surface area contributed by atoms with Crippen molar-refractivity contribution < 1.29 is 18.0 Å². The molecule has 0 fully saturated rings. The molecule has 5 nitrogen and oxygen atoms in total. The van der Waals surface area contributed by atoms with Crippen molar-refractivity contribution in [2.45, 2.75) is 13.1 Å². The Hall–Kier alpha value is -2.06. The molecule has 2 rings (SSSR count). The third-order valence-electron chi connectivity index (χ3n) is 3.06. The minimum Gasteiger partial charge on any atom is -0.351 e. The summed E-state index contributed by atoms with van der Waals surface area (Å²) in [5.41, 5.74) is 4.50. The van der Waals surface area contributed by atoms with Crippen molar-refractivity contribution >= 4 is 18.3 Å². The maximum Gasteiger partial charge on any atom is 0.434 e. The number of hydrogen-bond acceptors (Lipinski definition) is 3. The summed E-state index contributed by atoms with van der Waals surface area (Å²) >= 11 is 0. The summed E-state index contributed by atoms with van der Waals surface area (Å²) in [6.07, 6.45) is -3.80. The van der Waals surface area contributed by atoms with Crippen LogP contribution in [0.2, 0.25) is 0 Å². The molecule has 0 aliphatic carbocycles. The average molecular weight is 349 g/mol. The fourth-order valence-electron chi connectivity index (χ4n) is 2.05. The monoisotopic (exact) mass is 348 g/mol. The number of nitrogens with one attached hydrogen (secondary N) is 1. The van der Waals surface area contributed by atoms with E-state index in [1.165, 1.54) is 6.07 Å². The molecule has 23 heavy (non-hydrogen) atoms. The number of para-hydroxylation sites is 1. The van der Waals surface area contributed by atoms with Crippen LogP contribution in [0, 0.1) is 6.92 Å². The summed E-state index contributed by atoms with van der Waals surface area (Å²) in [4.78, 5) is 11.9. The molecule has 9 heteroatoms. The van der Waals surface area contributed by atoms with Gasteiger partial charge in [0.05, 0.1) is 17.4 Å². The van der Waals surface area contributed by atoms with Crippen molar-refractivity contribution in [2.24, 2.45) is 5.73 Å². The SMILES string of the molecule is Cc1ccccc1-n1ncc(C(=O)NCCN)c1C(F)(F)F.Cl. The lowest BCUT2D eigenvalue weighted by atomic mass is 10.1. The van der Waals surface area contributed by atoms with Gasteiger partial charge >= 0.3 is 6.18 Å². The summed E-state index contributed by atoms with van der Waals surface area (Å²) in [6.45, 7) is 1.90. The second-order valence-electron chi connectivity index (χ2n) is 4.65. The molecule has 1 aromatic carbocycles. The van der Waals surface area contributed by atoms with Crippen LogP contribution in [0.15, 0.2) is 30.5 Å². The fourth-order valence-corrected chi connectivity index (χ4v) is 2.05. The number of hydrogen-bond donors (Lipinski definition) is 2. The Kier molecular flexibility index (Phi) is 6.17. The van der Waals surface area contributed by atoms with E-state index in [0.29, 0.717) is 5.56 Å². The number of nitrogens with two attached hydrogens (primary N) is 1. The van der Waals surface area contributed by atoms with Gasteiger partial charge < -0.3 is 11.1 Å². The van der Waals surface area contributed by atoms with Gasteiger partial charge in [0.1, 0.15) is 0 Å². The van der Waals surface area contributed by atoms with Gasteiger partial charge in [0.25, 0.3) is 5.91 Å². The summed E-state index contributed by atoms with van der Waals surface area (Å²) < 4.78 is 40.9. The lowest BCUT2D eigenvalue weighted by Crippen LogP contribution is -2.30. The Balaban J connectivity index is 0.00000264. The van der Waals surface area contributed by atoms with Crippen LogP contribution in [0.3, 0.4) is 0 Å². The van der Waals surface area contributed by atoms with Crippen molar-refractivity contribution in [1.82, 2.24) is 15.1 Å². The van der Waals surface area contributed by atoms with E-state index >= 15 is 0 Å². The van der Waals surface area contributed by atoms with Gasteiger partial charge in [0, 0.05) is 13.1 Å². The summed E-state index contributed by atoms with van der Waals surface area (Å²) in [5, 5.41) is 6.07. The fraction of sp³-hybridized carbons (Fsp3) is 0.286. The van der Waals surface area contributed by atoms with Crippen molar-refractivity contribution in [1.29, 1.82) is 0 Å². The van der Waals surface area contributed by atoms with Gasteiger partial charge in [-0.1, -0.05) is 18.2 Å². The van der Waals surface area contributed by atoms with Gasteiger partial charge in [0.15, 0.2) is 5.69 Å². The van der Waals surface area contributed by atoms with Crippen LogP contribution in [-0.2, 0) is 6.18 Å². The highest BCUT2D eigenvalue weighted by atomic mass is 35.5. The van der Waals surface area contributed by atoms with Crippen LogP contribution < -0.4 is 11.1 Å². The van der Waals surface area contributed by atoms with E-state index < -0.39 is 23.3 Å². The van der Waals surface area contributed by atoms with E-state index in [2.05, 4.69) is 10.4 Å². The van der Waals surface area contributed by atoms with E-state index in [1.807, 2.05) is 0 Å². The molecule has 0 unspecified atom stereocenters. The van der Waals surface area contributed by atoms with Gasteiger partial charge in [-0.3, -0.25) is 4.79 Å². The molecule has 0 spiro atoms. The van der Waals surface area contributed by atoms with Gasteiger partial charge in [-0.25, -0.2) is 4.68 Å². The number of alkyl halides is 3. The number of amides is 1. The van der Waals surface area contributed by atoms with Crippen molar-refractivity contribution in [3.63, 3.8) is 0 Å². The van der Waals surface area contributed by atoms with Crippen LogP contribution in [0.5, 0.6) is 0 Å². The van der Waals surface area contributed by atoms with Crippen molar-refractivity contribution in [3.8, 4) is 5.69 Å². The molecule has 0 aliphatic rings. The van der Waals surface area contributed by atoms with Crippen LogP contribution >= 0.6 is 12.4 Å². The number of nitrogens with zero attached hydrogens (tertiary/aromatic N) is 2. The number of halogens is 4. The predicted molar refractivity (Wildman–Crippen MR) is 81.9 cm³/mol. The lowest BCUT2D eigenvalue weighted by Gasteiger charge is -2.14. The van der Waals surface area contributed by atoms with Gasteiger partial charge in [-0.2, -0.15) is 18.3 Å². The van der Waals surface area contributed by atoms with E-state index in [4.69, 9.17) is 5.73 Å². The molecule has 1 heterocycles. The average Bonchev–Trinajstić information content (AvgIpc) is 2.90. The van der Waals surface area contributed by atoms with Crippen LogP contribution in [0.1, 0.15) is 21.6 Å². The van der Waals surface area contributed by atoms with Gasteiger partial charge in [-0.15, -0.1) is 12.4 Å². The molecule has 3 N–H and O–H groups in total. The van der Waals surface area contributed by atoms with Crippen LogP contribution in [0.4, 0.5) is 13.2 Å². The minimum atomic E-state index is -4.71. The molecule has 0 bridgehead atoms. The zero-order valence-corrected chi connectivity index (χ0v) is 13.0. The number of aromatic nitrogens is 2. The Bertz CT molecular complexity index is 685. The predicted octanol–water partition coefficient (Wildman–Crippen LogP) is 2.31. The molecule has 2 aromatic rings. The number of rotatable bonds is 4. The van der Waals surface area contributed by atoms with E-state index in [-0.39, 0.29) is 31.2 Å². The Labute approximate surface area is 137 Å². The summed E-state index contributed by atoms with van der Waals surface area (Å²) in [7, 11) is 0. The van der Waals surface area contributed by atoms with Crippen molar-refractivity contribution in [2.75, 3.05) is 13.1 Å². The second-order valence-corrected chi connectivity index (χ2v) is 4.65. The number of benzene rings is 1. The lowest BCUT2D eigenvalue weighted by molar-refractivity contribution is -0.143. The molecule has 1 amide bonds. The first-order chi connectivity index (χ1) is 10.4. The standard InChI is InChI=1S/C14H15F3N4O.ClH/c1-9-4-2-3-5-11(9)21-12(14(15,16)17)10(8-20-21)13(22)19-7-6-18;/h2-5,8H,6-7,18H2,1H3,(H,19,22);1H. The second kappa shape index (κ2) is 7.47. The number of carbonyl (C=O) groups is 1. The topological polar surface area (TPSA) is 72.9 Å². The number of carbonyl (C=O) groups excluding carboxylic acids is 1. The van der Waals surface area contributed by atoms with E-state index in [1.54, 1.807) is 25.1 Å². The highest BCUT2D eigenvalue weighted by Crippen LogP contribution is 2.34. The highest BCUT2D eigenvalue weighted by Gasteiger charge is 2.40. The molecule has 126 valence electrons. The van der Waals surface area contributed by atoms with Gasteiger partial charge in [0.2, 0.25) is 0 Å². The zero-order chi connectivity index (χ0) is 16.3. The Morgan fingerprint density at radius 2 is 2.00 bits per heavy atom. The summed E-state index contributed by atoms with van der Waals surface area (Å²) in [5.74, 6) is -0.849. The maximum atomic E-state index is 13.4. The number of aryl methyl sites for hydroxylation is 1. The highest BCUT2D eigenvalue weighted by molar-refractivity contribution is 5.95. The molecule has 0 atom stereocenters. The zero-order valence-electron chi connectivity index (χ0n) is 12.2. The molecule has 1 aromatic heterocycles. The normalized spacial score (nSPS) is 11.0. The van der Waals surface area contributed by atoms with Crippen molar-refractivity contribution in [3.05, 3.63) is 47.3 Å². The molecule has 0 aliphatic heterocycles. The Morgan fingerprint density at radius 1 is 1.35 bits per heavy atom. The molecular weight excluding hydrogens is 333 g/mol. The molecule has 0 saturated heterocycles. The van der Waals surface area contributed by atoms with Crippen LogP contribution in [-0.4, -0.2) is 28.8 Å². The third kappa shape index (κ3) is 4.02. The smallest absolute Gasteiger partial charge is 0.351 e. The molecule has 0 saturated carbocycles. The van der Waals surface area contributed by atoms with E-state index in [9.17, 15) is 18.0 Å².